The zero-order chi connectivity index (χ0) is 14.0. The van der Waals surface area contributed by atoms with Crippen LogP contribution in [-0.4, -0.2) is 39.3 Å². The summed E-state index contributed by atoms with van der Waals surface area (Å²) in [6.07, 6.45) is 3.72. The highest BCUT2D eigenvalue weighted by molar-refractivity contribution is 7.90. The van der Waals surface area contributed by atoms with E-state index in [9.17, 15) is 8.42 Å². The minimum atomic E-state index is -3.18. The second kappa shape index (κ2) is 5.46. The van der Waals surface area contributed by atoms with Gasteiger partial charge in [-0.3, -0.25) is 0 Å². The molecule has 19 heavy (non-hydrogen) atoms. The molecule has 0 radical (unpaired) electrons. The van der Waals surface area contributed by atoms with Crippen LogP contribution in [0, 0.1) is 11.8 Å². The number of nitrogens with two attached hydrogens (primary N) is 1. The Balaban J connectivity index is 2.15. The maximum absolute atomic E-state index is 11.4. The predicted molar refractivity (Wildman–Crippen MR) is 75.9 cm³/mol. The largest absolute Gasteiger partial charge is 0.356 e. The molecular formula is C13H21N3O2S. The van der Waals surface area contributed by atoms with Crippen molar-refractivity contribution >= 4 is 15.7 Å². The van der Waals surface area contributed by atoms with Gasteiger partial charge >= 0.3 is 0 Å². The Kier molecular flexibility index (Phi) is 4.10. The lowest BCUT2D eigenvalue weighted by Crippen LogP contribution is -2.43. The first-order valence-corrected chi connectivity index (χ1v) is 8.42. The monoisotopic (exact) mass is 283 g/mol. The first kappa shape index (κ1) is 14.3. The highest BCUT2D eigenvalue weighted by atomic mass is 32.2. The standard InChI is InChI=1S/C13H21N3O2S/c1-10-5-6-16(9-11(10)7-14)13-4-3-12(8-15-13)19(2,17)18/h3-4,8,10-11H,5-7,9,14H2,1-2H3. The summed E-state index contributed by atoms with van der Waals surface area (Å²) >= 11 is 0. The molecule has 2 atom stereocenters. The molecule has 1 aliphatic heterocycles. The molecule has 1 saturated heterocycles. The lowest BCUT2D eigenvalue weighted by molar-refractivity contribution is 0.307. The van der Waals surface area contributed by atoms with E-state index in [2.05, 4.69) is 16.8 Å². The van der Waals surface area contributed by atoms with Crippen molar-refractivity contribution in [1.82, 2.24) is 4.98 Å². The van der Waals surface area contributed by atoms with Crippen LogP contribution < -0.4 is 10.6 Å². The lowest BCUT2D eigenvalue weighted by Gasteiger charge is -2.37. The smallest absolute Gasteiger partial charge is 0.177 e. The number of pyridine rings is 1. The van der Waals surface area contributed by atoms with Crippen LogP contribution in [0.3, 0.4) is 0 Å². The molecule has 106 valence electrons. The van der Waals surface area contributed by atoms with Gasteiger partial charge in [0.15, 0.2) is 9.84 Å². The van der Waals surface area contributed by atoms with Crippen molar-refractivity contribution in [1.29, 1.82) is 0 Å². The second-order valence-corrected chi connectivity index (χ2v) is 7.35. The lowest BCUT2D eigenvalue weighted by atomic mass is 9.87. The van der Waals surface area contributed by atoms with Gasteiger partial charge in [0.2, 0.25) is 0 Å². The molecule has 1 aromatic heterocycles. The molecule has 6 heteroatoms. The van der Waals surface area contributed by atoms with Crippen molar-refractivity contribution in [2.75, 3.05) is 30.8 Å². The van der Waals surface area contributed by atoms with E-state index in [1.807, 2.05) is 0 Å². The van der Waals surface area contributed by atoms with Crippen LogP contribution >= 0.6 is 0 Å². The Morgan fingerprint density at radius 1 is 1.47 bits per heavy atom. The topological polar surface area (TPSA) is 76.3 Å². The molecule has 5 nitrogen and oxygen atoms in total. The van der Waals surface area contributed by atoms with Gasteiger partial charge in [-0.05, 0) is 36.9 Å². The summed E-state index contributed by atoms with van der Waals surface area (Å²) in [7, 11) is -3.18. The summed E-state index contributed by atoms with van der Waals surface area (Å²) in [5.74, 6) is 1.94. The number of anilines is 1. The predicted octanol–water partition coefficient (Wildman–Crippen LogP) is 0.906. The first-order valence-electron chi connectivity index (χ1n) is 6.53. The van der Waals surface area contributed by atoms with E-state index in [1.165, 1.54) is 12.5 Å². The van der Waals surface area contributed by atoms with Gasteiger partial charge in [-0.25, -0.2) is 13.4 Å². The van der Waals surface area contributed by atoms with Crippen molar-refractivity contribution in [3.05, 3.63) is 18.3 Å². The van der Waals surface area contributed by atoms with E-state index in [-0.39, 0.29) is 4.90 Å². The quantitative estimate of drug-likeness (QED) is 0.892. The molecule has 1 aliphatic rings. The molecule has 2 rings (SSSR count). The molecule has 1 aromatic rings. The van der Waals surface area contributed by atoms with Crippen LogP contribution in [0.5, 0.6) is 0 Å². The van der Waals surface area contributed by atoms with Gasteiger partial charge in [0, 0.05) is 25.5 Å². The Bertz CT molecular complexity index is 527. The molecule has 0 saturated carbocycles. The molecule has 2 unspecified atom stereocenters. The highest BCUT2D eigenvalue weighted by Crippen LogP contribution is 2.26. The summed E-state index contributed by atoms with van der Waals surface area (Å²) in [5.41, 5.74) is 5.79. The summed E-state index contributed by atoms with van der Waals surface area (Å²) < 4.78 is 22.8. The van der Waals surface area contributed by atoms with Crippen LogP contribution in [0.2, 0.25) is 0 Å². The third kappa shape index (κ3) is 3.25. The number of hydrogen-bond acceptors (Lipinski definition) is 5. The molecular weight excluding hydrogens is 262 g/mol. The minimum Gasteiger partial charge on any atom is -0.356 e. The van der Waals surface area contributed by atoms with Gasteiger partial charge in [0.25, 0.3) is 0 Å². The molecule has 0 aromatic carbocycles. The molecule has 0 amide bonds. The van der Waals surface area contributed by atoms with E-state index in [4.69, 9.17) is 5.73 Å². The number of aromatic nitrogens is 1. The van der Waals surface area contributed by atoms with Crippen LogP contribution in [-0.2, 0) is 9.84 Å². The van der Waals surface area contributed by atoms with Gasteiger partial charge in [-0.2, -0.15) is 0 Å². The molecule has 2 heterocycles. The summed E-state index contributed by atoms with van der Waals surface area (Å²) in [6, 6.07) is 3.40. The number of hydrogen-bond donors (Lipinski definition) is 1. The second-order valence-electron chi connectivity index (χ2n) is 5.33. The Hall–Kier alpha value is -1.14. The van der Waals surface area contributed by atoms with Gasteiger partial charge < -0.3 is 10.6 Å². The SMILES string of the molecule is CC1CCN(c2ccc(S(C)(=O)=O)cn2)CC1CN. The van der Waals surface area contributed by atoms with E-state index in [0.717, 1.165) is 25.3 Å². The van der Waals surface area contributed by atoms with Crippen molar-refractivity contribution in [3.63, 3.8) is 0 Å². The molecule has 0 bridgehead atoms. The summed E-state index contributed by atoms with van der Waals surface area (Å²) in [6.45, 7) is 4.75. The van der Waals surface area contributed by atoms with E-state index < -0.39 is 9.84 Å². The Morgan fingerprint density at radius 3 is 2.74 bits per heavy atom. The fourth-order valence-electron chi connectivity index (χ4n) is 2.44. The molecule has 2 N–H and O–H groups in total. The van der Waals surface area contributed by atoms with Crippen molar-refractivity contribution in [3.8, 4) is 0 Å². The third-order valence-corrected chi connectivity index (χ3v) is 4.99. The van der Waals surface area contributed by atoms with E-state index in [0.29, 0.717) is 18.4 Å². The van der Waals surface area contributed by atoms with Gasteiger partial charge in [0.1, 0.15) is 5.82 Å². The van der Waals surface area contributed by atoms with Crippen LogP contribution in [0.1, 0.15) is 13.3 Å². The first-order chi connectivity index (χ1) is 8.91. The molecule has 0 aliphatic carbocycles. The average Bonchev–Trinajstić information content (AvgIpc) is 2.38. The maximum Gasteiger partial charge on any atom is 0.177 e. The van der Waals surface area contributed by atoms with E-state index in [1.54, 1.807) is 12.1 Å². The zero-order valence-electron chi connectivity index (χ0n) is 11.4. The van der Waals surface area contributed by atoms with Crippen LogP contribution in [0.25, 0.3) is 0 Å². The number of sulfone groups is 1. The number of rotatable bonds is 3. The summed E-state index contributed by atoms with van der Waals surface area (Å²) in [5, 5.41) is 0. The van der Waals surface area contributed by atoms with Gasteiger partial charge in [0.05, 0.1) is 4.90 Å². The fraction of sp³-hybridized carbons (Fsp3) is 0.615. The van der Waals surface area contributed by atoms with Gasteiger partial charge in [-0.1, -0.05) is 6.92 Å². The number of nitrogens with zero attached hydrogens (tertiary/aromatic N) is 2. The van der Waals surface area contributed by atoms with Gasteiger partial charge in [-0.15, -0.1) is 0 Å². The molecule has 0 spiro atoms. The summed E-state index contributed by atoms with van der Waals surface area (Å²) in [4.78, 5) is 6.71. The van der Waals surface area contributed by atoms with E-state index >= 15 is 0 Å². The van der Waals surface area contributed by atoms with Crippen LogP contribution in [0.4, 0.5) is 5.82 Å². The van der Waals surface area contributed by atoms with Crippen molar-refractivity contribution in [2.45, 2.75) is 18.2 Å². The number of piperidine rings is 1. The molecule has 1 fully saturated rings. The van der Waals surface area contributed by atoms with Crippen molar-refractivity contribution in [2.24, 2.45) is 17.6 Å². The third-order valence-electron chi connectivity index (χ3n) is 3.89. The zero-order valence-corrected chi connectivity index (χ0v) is 12.2. The maximum atomic E-state index is 11.4. The minimum absolute atomic E-state index is 0.261. The Morgan fingerprint density at radius 2 is 2.21 bits per heavy atom. The normalized spacial score (nSPS) is 24.5. The van der Waals surface area contributed by atoms with Crippen LogP contribution in [0.15, 0.2) is 23.2 Å². The fourth-order valence-corrected chi connectivity index (χ4v) is 3.00. The van der Waals surface area contributed by atoms with Crippen molar-refractivity contribution < 1.29 is 8.42 Å². The Labute approximate surface area is 114 Å². The average molecular weight is 283 g/mol. The highest BCUT2D eigenvalue weighted by Gasteiger charge is 2.25.